The van der Waals surface area contributed by atoms with E-state index in [9.17, 15) is 0 Å². The van der Waals surface area contributed by atoms with Crippen LogP contribution in [0, 0.1) is 13.8 Å². The maximum absolute atomic E-state index is 5.69. The molecule has 0 aliphatic rings. The fraction of sp³-hybridized carbons (Fsp3) is 0.188. The fourth-order valence-corrected chi connectivity index (χ4v) is 2.92. The van der Waals surface area contributed by atoms with Gasteiger partial charge in [-0.15, -0.1) is 0 Å². The number of nitrogen functional groups attached to an aromatic ring is 1. The molecule has 3 aromatic rings. The minimum atomic E-state index is 0.799. The van der Waals surface area contributed by atoms with Crippen LogP contribution in [0.3, 0.4) is 0 Å². The van der Waals surface area contributed by atoms with E-state index in [1.54, 1.807) is 11.8 Å². The summed E-state index contributed by atoms with van der Waals surface area (Å²) in [4.78, 5) is 8.00. The fourth-order valence-electron chi connectivity index (χ4n) is 2.08. The van der Waals surface area contributed by atoms with Crippen LogP contribution in [-0.2, 0) is 5.75 Å². The van der Waals surface area contributed by atoms with Gasteiger partial charge < -0.3 is 10.7 Å². The number of aryl methyl sites for hydroxylation is 2. The minimum Gasteiger partial charge on any atom is -0.399 e. The Morgan fingerprint density at radius 1 is 1.10 bits per heavy atom. The number of H-pyrrole nitrogens is 1. The molecule has 1 heterocycles. The third-order valence-corrected chi connectivity index (χ3v) is 4.38. The predicted octanol–water partition coefficient (Wildman–Crippen LogP) is 4.05. The van der Waals surface area contributed by atoms with Gasteiger partial charge in [0.05, 0.1) is 11.0 Å². The van der Waals surface area contributed by atoms with Gasteiger partial charge in [0.1, 0.15) is 0 Å². The van der Waals surface area contributed by atoms with Gasteiger partial charge in [0.2, 0.25) is 0 Å². The Morgan fingerprint density at radius 2 is 1.80 bits per heavy atom. The SMILES string of the molecule is Cc1cc2nc(SCc3ccc(N)cc3)[nH]c2cc1C. The smallest absolute Gasteiger partial charge is 0.166 e. The normalized spacial score (nSPS) is 11.1. The Morgan fingerprint density at radius 3 is 2.55 bits per heavy atom. The van der Waals surface area contributed by atoms with Crippen molar-refractivity contribution in [1.29, 1.82) is 0 Å². The maximum atomic E-state index is 5.69. The molecule has 1 aromatic heterocycles. The van der Waals surface area contributed by atoms with Crippen molar-refractivity contribution in [2.45, 2.75) is 24.8 Å². The Kier molecular flexibility index (Phi) is 3.40. The summed E-state index contributed by atoms with van der Waals surface area (Å²) in [5, 5.41) is 0.960. The van der Waals surface area contributed by atoms with E-state index in [1.807, 2.05) is 12.1 Å². The van der Waals surface area contributed by atoms with Gasteiger partial charge in [-0.05, 0) is 54.8 Å². The molecule has 2 aromatic carbocycles. The first-order chi connectivity index (χ1) is 9.61. The van der Waals surface area contributed by atoms with Crippen LogP contribution in [0.4, 0.5) is 5.69 Å². The first-order valence-corrected chi connectivity index (χ1v) is 7.54. The van der Waals surface area contributed by atoms with Gasteiger partial charge in [-0.3, -0.25) is 0 Å². The van der Waals surface area contributed by atoms with Crippen molar-refractivity contribution in [1.82, 2.24) is 9.97 Å². The summed E-state index contributed by atoms with van der Waals surface area (Å²) < 4.78 is 0. The highest BCUT2D eigenvalue weighted by Gasteiger charge is 2.05. The zero-order chi connectivity index (χ0) is 14.1. The molecule has 4 heteroatoms. The number of nitrogens with one attached hydrogen (secondary N) is 1. The summed E-state index contributed by atoms with van der Waals surface area (Å²) in [5.41, 5.74) is 12.4. The lowest BCUT2D eigenvalue weighted by atomic mass is 10.1. The topological polar surface area (TPSA) is 54.7 Å². The highest BCUT2D eigenvalue weighted by molar-refractivity contribution is 7.98. The van der Waals surface area contributed by atoms with E-state index < -0.39 is 0 Å². The van der Waals surface area contributed by atoms with E-state index in [4.69, 9.17) is 5.73 Å². The first kappa shape index (κ1) is 13.1. The zero-order valence-electron chi connectivity index (χ0n) is 11.6. The molecule has 3 nitrogen and oxygen atoms in total. The second kappa shape index (κ2) is 5.21. The summed E-state index contributed by atoms with van der Waals surface area (Å²) in [7, 11) is 0. The van der Waals surface area contributed by atoms with Gasteiger partial charge in [0, 0.05) is 11.4 Å². The Labute approximate surface area is 122 Å². The van der Waals surface area contributed by atoms with Gasteiger partial charge in [0.25, 0.3) is 0 Å². The van der Waals surface area contributed by atoms with Crippen LogP contribution in [0.5, 0.6) is 0 Å². The molecule has 3 rings (SSSR count). The molecule has 0 atom stereocenters. The van der Waals surface area contributed by atoms with Crippen LogP contribution in [0.15, 0.2) is 41.6 Å². The first-order valence-electron chi connectivity index (χ1n) is 6.56. The summed E-state index contributed by atoms with van der Waals surface area (Å²) in [5.74, 6) is 0.887. The van der Waals surface area contributed by atoms with Gasteiger partial charge in [0.15, 0.2) is 5.16 Å². The van der Waals surface area contributed by atoms with Gasteiger partial charge in [-0.2, -0.15) is 0 Å². The molecule has 0 aliphatic carbocycles. The van der Waals surface area contributed by atoms with Crippen molar-refractivity contribution in [3.63, 3.8) is 0 Å². The molecule has 0 saturated heterocycles. The summed E-state index contributed by atoms with van der Waals surface area (Å²) >= 11 is 1.71. The number of aromatic amines is 1. The molecule has 0 spiro atoms. The molecule has 0 saturated carbocycles. The summed E-state index contributed by atoms with van der Waals surface area (Å²) in [6, 6.07) is 12.3. The lowest BCUT2D eigenvalue weighted by Crippen LogP contribution is -1.86. The highest BCUT2D eigenvalue weighted by Crippen LogP contribution is 2.25. The molecule has 3 N–H and O–H groups in total. The highest BCUT2D eigenvalue weighted by atomic mass is 32.2. The largest absolute Gasteiger partial charge is 0.399 e. The van der Waals surface area contributed by atoms with Crippen LogP contribution < -0.4 is 5.73 Å². The number of nitrogens with two attached hydrogens (primary N) is 1. The number of aromatic nitrogens is 2. The monoisotopic (exact) mass is 283 g/mol. The van der Waals surface area contributed by atoms with Crippen LogP contribution in [0.25, 0.3) is 11.0 Å². The van der Waals surface area contributed by atoms with Crippen LogP contribution >= 0.6 is 11.8 Å². The van der Waals surface area contributed by atoms with E-state index >= 15 is 0 Å². The number of rotatable bonds is 3. The lowest BCUT2D eigenvalue weighted by molar-refractivity contribution is 1.08. The summed E-state index contributed by atoms with van der Waals surface area (Å²) in [6.45, 7) is 4.24. The third-order valence-electron chi connectivity index (χ3n) is 3.43. The van der Waals surface area contributed by atoms with Crippen molar-refractivity contribution < 1.29 is 0 Å². The number of benzene rings is 2. The third kappa shape index (κ3) is 2.65. The molecular weight excluding hydrogens is 266 g/mol. The molecule has 0 bridgehead atoms. The number of anilines is 1. The predicted molar refractivity (Wildman–Crippen MR) is 86.0 cm³/mol. The quantitative estimate of drug-likeness (QED) is 0.563. The number of hydrogen-bond acceptors (Lipinski definition) is 3. The van der Waals surface area contributed by atoms with Crippen LogP contribution in [0.2, 0.25) is 0 Å². The number of nitrogens with zero attached hydrogens (tertiary/aromatic N) is 1. The Bertz CT molecular complexity index is 705. The van der Waals surface area contributed by atoms with Gasteiger partial charge in [-0.25, -0.2) is 4.98 Å². The van der Waals surface area contributed by atoms with Gasteiger partial charge in [-0.1, -0.05) is 23.9 Å². The molecule has 0 radical (unpaired) electrons. The molecule has 20 heavy (non-hydrogen) atoms. The molecule has 0 amide bonds. The Balaban J connectivity index is 1.79. The van der Waals surface area contributed by atoms with E-state index in [-0.39, 0.29) is 0 Å². The number of imidazole rings is 1. The maximum Gasteiger partial charge on any atom is 0.166 e. The van der Waals surface area contributed by atoms with Gasteiger partial charge >= 0.3 is 0 Å². The number of thioether (sulfide) groups is 1. The van der Waals surface area contributed by atoms with Crippen molar-refractivity contribution in [2.75, 3.05) is 5.73 Å². The molecule has 0 unspecified atom stereocenters. The van der Waals surface area contributed by atoms with Crippen LogP contribution in [-0.4, -0.2) is 9.97 Å². The second-order valence-electron chi connectivity index (χ2n) is 5.03. The van der Waals surface area contributed by atoms with Crippen molar-refractivity contribution in [2.24, 2.45) is 0 Å². The van der Waals surface area contributed by atoms with Crippen molar-refractivity contribution >= 4 is 28.5 Å². The second-order valence-corrected chi connectivity index (χ2v) is 5.99. The van der Waals surface area contributed by atoms with Crippen molar-refractivity contribution in [3.05, 3.63) is 53.1 Å². The zero-order valence-corrected chi connectivity index (χ0v) is 12.4. The van der Waals surface area contributed by atoms with E-state index in [0.717, 1.165) is 27.6 Å². The van der Waals surface area contributed by atoms with Crippen molar-refractivity contribution in [3.8, 4) is 0 Å². The lowest BCUT2D eigenvalue weighted by Gasteiger charge is -1.99. The average Bonchev–Trinajstić information content (AvgIpc) is 2.80. The standard InChI is InChI=1S/C16H17N3S/c1-10-7-14-15(8-11(10)2)19-16(18-14)20-9-12-3-5-13(17)6-4-12/h3-8H,9,17H2,1-2H3,(H,18,19). The average molecular weight is 283 g/mol. The van der Waals surface area contributed by atoms with Crippen LogP contribution in [0.1, 0.15) is 16.7 Å². The Hall–Kier alpha value is -1.94. The molecule has 0 aliphatic heterocycles. The van der Waals surface area contributed by atoms with E-state index in [1.165, 1.54) is 16.7 Å². The molecule has 102 valence electrons. The van der Waals surface area contributed by atoms with E-state index in [0.29, 0.717) is 0 Å². The molecular formula is C16H17N3S. The van der Waals surface area contributed by atoms with E-state index in [2.05, 4.69) is 48.1 Å². The summed E-state index contributed by atoms with van der Waals surface area (Å²) in [6.07, 6.45) is 0. The number of hydrogen-bond donors (Lipinski definition) is 2. The number of fused-ring (bicyclic) bond motifs is 1. The minimum absolute atomic E-state index is 0.799. The molecule has 0 fully saturated rings.